The van der Waals surface area contributed by atoms with Crippen LogP contribution in [0.25, 0.3) is 0 Å². The van der Waals surface area contributed by atoms with Crippen LogP contribution in [0.4, 0.5) is 0 Å². The summed E-state index contributed by atoms with van der Waals surface area (Å²) in [5, 5.41) is 21.4. The van der Waals surface area contributed by atoms with Crippen molar-refractivity contribution in [1.82, 2.24) is 5.32 Å². The third kappa shape index (κ3) is 8.50. The Bertz CT molecular complexity index is 348. The maximum atomic E-state index is 9.74. The second-order valence-electron chi connectivity index (χ2n) is 4.31. The van der Waals surface area contributed by atoms with Crippen LogP contribution in [0.15, 0.2) is 28.7 Å². The highest BCUT2D eigenvalue weighted by atomic mass is 79.9. The molecule has 1 aromatic carbocycles. The number of halogens is 1. The van der Waals surface area contributed by atoms with E-state index in [0.717, 1.165) is 23.2 Å². The van der Waals surface area contributed by atoms with Gasteiger partial charge in [-0.15, -0.1) is 0 Å². The summed E-state index contributed by atoms with van der Waals surface area (Å²) in [6.45, 7) is 2.55. The molecule has 20 heavy (non-hydrogen) atoms. The molecule has 0 saturated carbocycles. The molecule has 5 nitrogen and oxygen atoms in total. The van der Waals surface area contributed by atoms with Crippen molar-refractivity contribution in [2.24, 2.45) is 0 Å². The molecular weight excluding hydrogens is 326 g/mol. The van der Waals surface area contributed by atoms with Crippen LogP contribution in [0.2, 0.25) is 0 Å². The van der Waals surface area contributed by atoms with Crippen LogP contribution in [0.3, 0.4) is 0 Å². The maximum Gasteiger partial charge on any atom is 0.119 e. The van der Waals surface area contributed by atoms with E-state index in [1.807, 2.05) is 24.3 Å². The maximum absolute atomic E-state index is 9.74. The molecule has 6 heteroatoms. The molecule has 1 unspecified atom stereocenters. The highest BCUT2D eigenvalue weighted by Crippen LogP contribution is 2.16. The van der Waals surface area contributed by atoms with Gasteiger partial charge in [0.05, 0.1) is 13.2 Å². The molecular formula is C14H22BrNO4. The van der Waals surface area contributed by atoms with E-state index in [9.17, 15) is 5.11 Å². The summed E-state index contributed by atoms with van der Waals surface area (Å²) in [5.74, 6) is 0.740. The van der Waals surface area contributed by atoms with E-state index in [1.165, 1.54) is 0 Å². The van der Waals surface area contributed by atoms with Crippen LogP contribution in [0.5, 0.6) is 5.75 Å². The molecule has 1 aromatic rings. The van der Waals surface area contributed by atoms with E-state index >= 15 is 0 Å². The number of aliphatic hydroxyl groups is 2. The Labute approximate surface area is 128 Å². The van der Waals surface area contributed by atoms with Crippen LogP contribution in [-0.2, 0) is 4.74 Å². The fourth-order valence-electron chi connectivity index (χ4n) is 1.52. The molecule has 0 amide bonds. The van der Waals surface area contributed by atoms with E-state index in [4.69, 9.17) is 14.6 Å². The van der Waals surface area contributed by atoms with Crippen molar-refractivity contribution in [2.45, 2.75) is 12.5 Å². The van der Waals surface area contributed by atoms with Crippen LogP contribution in [0.1, 0.15) is 6.42 Å². The fourth-order valence-corrected chi connectivity index (χ4v) is 1.78. The topological polar surface area (TPSA) is 71.0 Å². The second-order valence-corrected chi connectivity index (χ2v) is 5.23. The Hall–Kier alpha value is -0.660. The Balaban J connectivity index is 2.00. The van der Waals surface area contributed by atoms with Gasteiger partial charge in [-0.05, 0) is 37.2 Å². The van der Waals surface area contributed by atoms with Gasteiger partial charge < -0.3 is 25.0 Å². The minimum atomic E-state index is -0.544. The lowest BCUT2D eigenvalue weighted by atomic mass is 10.3. The summed E-state index contributed by atoms with van der Waals surface area (Å²) in [6.07, 6.45) is 0.303. The predicted molar refractivity (Wildman–Crippen MR) is 81.0 cm³/mol. The van der Waals surface area contributed by atoms with Crippen molar-refractivity contribution in [3.63, 3.8) is 0 Å². The summed E-state index contributed by atoms with van der Waals surface area (Å²) in [4.78, 5) is 0. The summed E-state index contributed by atoms with van der Waals surface area (Å²) in [7, 11) is 0. The Morgan fingerprint density at radius 2 is 1.95 bits per heavy atom. The first-order valence-electron chi connectivity index (χ1n) is 6.68. The molecule has 0 heterocycles. The summed E-state index contributed by atoms with van der Waals surface area (Å²) >= 11 is 3.35. The molecule has 0 aliphatic heterocycles. The largest absolute Gasteiger partial charge is 0.491 e. The van der Waals surface area contributed by atoms with Crippen LogP contribution in [-0.4, -0.2) is 55.8 Å². The zero-order valence-corrected chi connectivity index (χ0v) is 13.0. The number of hydrogen-bond acceptors (Lipinski definition) is 5. The van der Waals surface area contributed by atoms with Gasteiger partial charge in [-0.3, -0.25) is 0 Å². The molecule has 0 saturated heterocycles. The number of aliphatic hydroxyl groups excluding tert-OH is 2. The van der Waals surface area contributed by atoms with Gasteiger partial charge in [0.25, 0.3) is 0 Å². The van der Waals surface area contributed by atoms with Crippen LogP contribution < -0.4 is 10.1 Å². The average Bonchev–Trinajstić information content (AvgIpc) is 2.46. The van der Waals surface area contributed by atoms with Crippen molar-refractivity contribution in [1.29, 1.82) is 0 Å². The van der Waals surface area contributed by atoms with Gasteiger partial charge in [0.15, 0.2) is 0 Å². The Morgan fingerprint density at radius 3 is 2.65 bits per heavy atom. The van der Waals surface area contributed by atoms with E-state index in [1.54, 1.807) is 0 Å². The van der Waals surface area contributed by atoms with Crippen molar-refractivity contribution < 1.29 is 19.7 Å². The molecule has 0 bridgehead atoms. The second kappa shape index (κ2) is 11.0. The third-order valence-corrected chi connectivity index (χ3v) is 3.04. The van der Waals surface area contributed by atoms with Crippen molar-refractivity contribution >= 4 is 15.9 Å². The third-order valence-electron chi connectivity index (χ3n) is 2.51. The van der Waals surface area contributed by atoms with Crippen LogP contribution in [0, 0.1) is 0 Å². The van der Waals surface area contributed by atoms with Gasteiger partial charge in [0.1, 0.15) is 18.5 Å². The molecule has 0 radical (unpaired) electrons. The Morgan fingerprint density at radius 1 is 1.20 bits per heavy atom. The first kappa shape index (κ1) is 17.4. The van der Waals surface area contributed by atoms with Gasteiger partial charge in [-0.1, -0.05) is 15.9 Å². The molecule has 0 fully saturated rings. The standard InChI is InChI=1S/C14H22BrNO4/c15-12-2-4-14(5-3-12)20-11-13(18)10-16-6-1-8-19-9-7-17/h2-5,13,16-18H,1,6-11H2. The lowest BCUT2D eigenvalue weighted by Gasteiger charge is -2.13. The molecule has 3 N–H and O–H groups in total. The Kier molecular flexibility index (Phi) is 9.61. The molecule has 0 aliphatic rings. The van der Waals surface area contributed by atoms with Gasteiger partial charge in [0, 0.05) is 17.6 Å². The summed E-state index contributed by atoms with van der Waals surface area (Å²) in [6, 6.07) is 7.49. The van der Waals surface area contributed by atoms with E-state index in [2.05, 4.69) is 21.2 Å². The average molecular weight is 348 g/mol. The molecule has 1 rings (SSSR count). The number of hydrogen-bond donors (Lipinski definition) is 3. The van der Waals surface area contributed by atoms with Gasteiger partial charge >= 0.3 is 0 Å². The normalized spacial score (nSPS) is 12.3. The quantitative estimate of drug-likeness (QED) is 0.524. The molecule has 114 valence electrons. The highest BCUT2D eigenvalue weighted by Gasteiger charge is 2.04. The van der Waals surface area contributed by atoms with Crippen molar-refractivity contribution in [2.75, 3.05) is 39.5 Å². The van der Waals surface area contributed by atoms with Crippen LogP contribution >= 0.6 is 15.9 Å². The lowest BCUT2D eigenvalue weighted by Crippen LogP contribution is -2.32. The van der Waals surface area contributed by atoms with Gasteiger partial charge in [0.2, 0.25) is 0 Å². The van der Waals surface area contributed by atoms with E-state index < -0.39 is 6.10 Å². The number of ether oxygens (including phenoxy) is 2. The number of nitrogens with one attached hydrogen (secondary N) is 1. The van der Waals surface area contributed by atoms with Gasteiger partial charge in [-0.2, -0.15) is 0 Å². The van der Waals surface area contributed by atoms with Crippen molar-refractivity contribution in [3.05, 3.63) is 28.7 Å². The molecule has 1 atom stereocenters. The minimum absolute atomic E-state index is 0.0551. The summed E-state index contributed by atoms with van der Waals surface area (Å²) in [5.41, 5.74) is 0. The molecule has 0 aliphatic carbocycles. The monoisotopic (exact) mass is 347 g/mol. The number of benzene rings is 1. The minimum Gasteiger partial charge on any atom is -0.491 e. The summed E-state index contributed by atoms with van der Waals surface area (Å²) < 4.78 is 11.6. The first-order chi connectivity index (χ1) is 9.72. The van der Waals surface area contributed by atoms with E-state index in [0.29, 0.717) is 19.8 Å². The van der Waals surface area contributed by atoms with E-state index in [-0.39, 0.29) is 13.2 Å². The predicted octanol–water partition coefficient (Wildman–Crippen LogP) is 1.18. The zero-order chi connectivity index (χ0) is 14.6. The zero-order valence-electron chi connectivity index (χ0n) is 11.4. The number of rotatable bonds is 11. The lowest BCUT2D eigenvalue weighted by molar-refractivity contribution is 0.0875. The SMILES string of the molecule is OCCOCCCNCC(O)COc1ccc(Br)cc1. The van der Waals surface area contributed by atoms with Crippen molar-refractivity contribution in [3.8, 4) is 5.75 Å². The molecule has 0 aromatic heterocycles. The smallest absolute Gasteiger partial charge is 0.119 e. The highest BCUT2D eigenvalue weighted by molar-refractivity contribution is 9.10. The molecule has 0 spiro atoms. The first-order valence-corrected chi connectivity index (χ1v) is 7.47. The van der Waals surface area contributed by atoms with Gasteiger partial charge in [-0.25, -0.2) is 0 Å². The fraction of sp³-hybridized carbons (Fsp3) is 0.571.